The number of anilines is 2. The largest absolute Gasteiger partial charge is 0.335 e. The molecule has 3 rings (SSSR count). The van der Waals surface area contributed by atoms with Crippen LogP contribution in [0.4, 0.5) is 20.6 Å². The molecule has 2 aromatic rings. The molecule has 1 heterocycles. The van der Waals surface area contributed by atoms with E-state index in [9.17, 15) is 30.8 Å². The Hall–Kier alpha value is -3.19. The third kappa shape index (κ3) is 5.99. The Morgan fingerprint density at radius 1 is 0.879 bits per heavy atom. The van der Waals surface area contributed by atoms with Gasteiger partial charge in [0.1, 0.15) is 5.82 Å². The van der Waals surface area contributed by atoms with E-state index < -0.39 is 31.9 Å². The Bertz CT molecular complexity index is 1230. The second kappa shape index (κ2) is 9.35. The van der Waals surface area contributed by atoms with E-state index in [1.54, 1.807) is 0 Å². The Labute approximate surface area is 191 Å². The molecule has 178 valence electrons. The van der Waals surface area contributed by atoms with E-state index in [2.05, 4.69) is 5.32 Å². The highest BCUT2D eigenvalue weighted by Gasteiger charge is 2.28. The predicted octanol–water partition coefficient (Wildman–Crippen LogP) is 1.54. The van der Waals surface area contributed by atoms with Crippen molar-refractivity contribution in [1.29, 1.82) is 0 Å². The first kappa shape index (κ1) is 24.5. The van der Waals surface area contributed by atoms with E-state index in [4.69, 9.17) is 0 Å². The molecule has 13 heteroatoms. The first-order valence-electron chi connectivity index (χ1n) is 9.77. The number of nitrogens with zero attached hydrogens (tertiary/aromatic N) is 3. The first-order valence-corrected chi connectivity index (χ1v) is 13.5. The first-order chi connectivity index (χ1) is 15.4. The van der Waals surface area contributed by atoms with Crippen molar-refractivity contribution >= 4 is 43.4 Å². The molecule has 1 aliphatic rings. The van der Waals surface area contributed by atoms with Gasteiger partial charge in [0, 0.05) is 37.4 Å². The van der Waals surface area contributed by atoms with Gasteiger partial charge in [0.05, 0.1) is 18.2 Å². The maximum atomic E-state index is 13.4. The number of hydrogen-bond donors (Lipinski definition) is 1. The number of urea groups is 1. The van der Waals surface area contributed by atoms with Gasteiger partial charge < -0.3 is 15.1 Å². The number of sulfonamides is 2. The monoisotopic (exact) mass is 498 g/mol. The Kier molecular flexibility index (Phi) is 6.93. The van der Waals surface area contributed by atoms with Crippen LogP contribution in [0.15, 0.2) is 48.5 Å². The third-order valence-electron chi connectivity index (χ3n) is 4.86. The topological polar surface area (TPSA) is 124 Å². The number of rotatable bonds is 5. The van der Waals surface area contributed by atoms with Crippen molar-refractivity contribution in [2.45, 2.75) is 0 Å². The smallest absolute Gasteiger partial charge is 0.321 e. The molecule has 1 N–H and O–H groups in total. The van der Waals surface area contributed by atoms with Crippen molar-refractivity contribution in [2.75, 3.05) is 47.7 Å². The summed E-state index contributed by atoms with van der Waals surface area (Å²) in [5, 5.41) is 2.66. The standard InChI is InChI=1S/C20H23FN4O6S2/c1-32(28,29)25(33(2,30)31)18-8-6-17(7-9-18)22-20(27)24-12-10-23(11-13-24)19(26)15-4-3-5-16(21)14-15/h3-9,14H,10-13H2,1-2H3,(H,22,27). The van der Waals surface area contributed by atoms with Gasteiger partial charge in [-0.3, -0.25) is 4.79 Å². The lowest BCUT2D eigenvalue weighted by Crippen LogP contribution is -2.51. The zero-order valence-electron chi connectivity index (χ0n) is 17.9. The summed E-state index contributed by atoms with van der Waals surface area (Å²) in [4.78, 5) is 28.1. The van der Waals surface area contributed by atoms with Gasteiger partial charge in [-0.15, -0.1) is 0 Å². The molecule has 33 heavy (non-hydrogen) atoms. The molecule has 2 aromatic carbocycles. The van der Waals surface area contributed by atoms with Crippen LogP contribution in [0.5, 0.6) is 0 Å². The van der Waals surface area contributed by atoms with Crippen LogP contribution in [0, 0.1) is 5.82 Å². The summed E-state index contributed by atoms with van der Waals surface area (Å²) in [6, 6.07) is 10.3. The second-order valence-electron chi connectivity index (χ2n) is 7.49. The molecule has 1 aliphatic heterocycles. The second-order valence-corrected chi connectivity index (χ2v) is 11.4. The normalized spacial score (nSPS) is 14.6. The lowest BCUT2D eigenvalue weighted by molar-refractivity contribution is 0.0671. The van der Waals surface area contributed by atoms with Crippen LogP contribution in [0.25, 0.3) is 0 Å². The van der Waals surface area contributed by atoms with Crippen molar-refractivity contribution in [3.8, 4) is 0 Å². The minimum absolute atomic E-state index is 0.0810. The molecule has 0 spiro atoms. The highest BCUT2D eigenvalue weighted by molar-refractivity contribution is 8.09. The molecule has 0 saturated carbocycles. The minimum atomic E-state index is -4.07. The fourth-order valence-electron chi connectivity index (χ4n) is 3.41. The molecule has 3 amide bonds. The van der Waals surface area contributed by atoms with Crippen LogP contribution >= 0.6 is 0 Å². The number of amides is 3. The molecule has 0 aromatic heterocycles. The SMILES string of the molecule is CS(=O)(=O)N(c1ccc(NC(=O)N2CCN(C(=O)c3cccc(F)c3)CC2)cc1)S(C)(=O)=O. The van der Waals surface area contributed by atoms with Crippen molar-refractivity contribution in [1.82, 2.24) is 9.80 Å². The molecular weight excluding hydrogens is 475 g/mol. The lowest BCUT2D eigenvalue weighted by Gasteiger charge is -2.34. The number of carbonyl (C=O) groups is 2. The zero-order valence-corrected chi connectivity index (χ0v) is 19.6. The molecule has 0 bridgehead atoms. The fourth-order valence-corrected chi connectivity index (χ4v) is 6.39. The number of benzene rings is 2. The molecule has 0 aliphatic carbocycles. The molecule has 1 fully saturated rings. The van der Waals surface area contributed by atoms with Gasteiger partial charge >= 0.3 is 6.03 Å². The zero-order chi connectivity index (χ0) is 24.4. The van der Waals surface area contributed by atoms with Gasteiger partial charge in [0.25, 0.3) is 5.91 Å². The van der Waals surface area contributed by atoms with E-state index in [0.29, 0.717) is 9.40 Å². The van der Waals surface area contributed by atoms with Gasteiger partial charge in [-0.05, 0) is 42.5 Å². The average Bonchev–Trinajstić information content (AvgIpc) is 2.72. The maximum absolute atomic E-state index is 13.4. The van der Waals surface area contributed by atoms with Gasteiger partial charge in [0.2, 0.25) is 20.0 Å². The van der Waals surface area contributed by atoms with Gasteiger partial charge in [-0.25, -0.2) is 26.0 Å². The van der Waals surface area contributed by atoms with Crippen molar-refractivity contribution in [2.24, 2.45) is 0 Å². The molecule has 1 saturated heterocycles. The van der Waals surface area contributed by atoms with Crippen LogP contribution in [0.1, 0.15) is 10.4 Å². The van der Waals surface area contributed by atoms with Crippen molar-refractivity contribution < 1.29 is 30.8 Å². The lowest BCUT2D eigenvalue weighted by atomic mass is 10.2. The Morgan fingerprint density at radius 3 is 1.94 bits per heavy atom. The summed E-state index contributed by atoms with van der Waals surface area (Å²) in [6.07, 6.45) is 1.56. The number of piperazine rings is 1. The van der Waals surface area contributed by atoms with Crippen LogP contribution in [0.2, 0.25) is 0 Å². The maximum Gasteiger partial charge on any atom is 0.321 e. The Morgan fingerprint density at radius 2 is 1.42 bits per heavy atom. The predicted molar refractivity (Wildman–Crippen MR) is 122 cm³/mol. The van der Waals surface area contributed by atoms with Crippen LogP contribution in [-0.4, -0.2) is 77.3 Å². The summed E-state index contributed by atoms with van der Waals surface area (Å²) in [7, 11) is -8.13. The molecule has 10 nitrogen and oxygen atoms in total. The fraction of sp³-hybridized carbons (Fsp3) is 0.300. The summed E-state index contributed by atoms with van der Waals surface area (Å²) < 4.78 is 61.1. The molecule has 0 atom stereocenters. The number of hydrogen-bond acceptors (Lipinski definition) is 6. The summed E-state index contributed by atoms with van der Waals surface area (Å²) >= 11 is 0. The van der Waals surface area contributed by atoms with E-state index in [1.807, 2.05) is 0 Å². The van der Waals surface area contributed by atoms with Crippen molar-refractivity contribution in [3.63, 3.8) is 0 Å². The summed E-state index contributed by atoms with van der Waals surface area (Å²) in [5.74, 6) is -0.812. The summed E-state index contributed by atoms with van der Waals surface area (Å²) in [5.41, 5.74) is 0.497. The molecule has 0 unspecified atom stereocenters. The highest BCUT2D eigenvalue weighted by atomic mass is 32.3. The van der Waals surface area contributed by atoms with Gasteiger partial charge in [-0.1, -0.05) is 6.07 Å². The number of carbonyl (C=O) groups excluding carboxylic acids is 2. The van der Waals surface area contributed by atoms with E-state index >= 15 is 0 Å². The average molecular weight is 499 g/mol. The highest BCUT2D eigenvalue weighted by Crippen LogP contribution is 2.23. The van der Waals surface area contributed by atoms with E-state index in [1.165, 1.54) is 58.3 Å². The number of nitrogens with one attached hydrogen (secondary N) is 1. The summed E-state index contributed by atoms with van der Waals surface area (Å²) in [6.45, 7) is 1.08. The molecular formula is C20H23FN4O6S2. The van der Waals surface area contributed by atoms with Gasteiger partial charge in [-0.2, -0.15) is 3.71 Å². The van der Waals surface area contributed by atoms with Crippen molar-refractivity contribution in [3.05, 3.63) is 59.9 Å². The van der Waals surface area contributed by atoms with Crippen LogP contribution < -0.4 is 9.03 Å². The van der Waals surface area contributed by atoms with Crippen LogP contribution in [-0.2, 0) is 20.0 Å². The third-order valence-corrected chi connectivity index (χ3v) is 8.11. The van der Waals surface area contributed by atoms with E-state index in [-0.39, 0.29) is 43.3 Å². The van der Waals surface area contributed by atoms with E-state index in [0.717, 1.165) is 12.5 Å². The van der Waals surface area contributed by atoms with Gasteiger partial charge in [0.15, 0.2) is 0 Å². The quantitative estimate of drug-likeness (QED) is 0.667. The van der Waals surface area contributed by atoms with Crippen LogP contribution in [0.3, 0.4) is 0 Å². The number of halogens is 1. The molecule has 0 radical (unpaired) electrons. The Balaban J connectivity index is 1.61. The minimum Gasteiger partial charge on any atom is -0.335 e.